The van der Waals surface area contributed by atoms with Gasteiger partial charge in [-0.05, 0) is 59.5 Å². The van der Waals surface area contributed by atoms with E-state index in [1.807, 2.05) is 39.8 Å². The van der Waals surface area contributed by atoms with Crippen LogP contribution in [0, 0.1) is 5.92 Å². The number of carbonyl (C=O) groups is 2. The summed E-state index contributed by atoms with van der Waals surface area (Å²) in [6, 6.07) is -0.0901. The van der Waals surface area contributed by atoms with Crippen LogP contribution in [0.25, 0.3) is 0 Å². The fraction of sp³-hybridized carbons (Fsp3) is 0.714. The third-order valence-corrected chi connectivity index (χ3v) is 7.18. The number of hydrogen-bond donors (Lipinski definition) is 2. The molecule has 0 radical (unpaired) electrons. The number of hydrogen-bond acceptors (Lipinski definition) is 7. The summed E-state index contributed by atoms with van der Waals surface area (Å²) in [4.78, 5) is 23.3. The van der Waals surface area contributed by atoms with E-state index in [1.54, 1.807) is 13.0 Å². The minimum Gasteiger partial charge on any atom is -0.459 e. The lowest BCUT2D eigenvalue weighted by Crippen LogP contribution is -2.53. The molecule has 2 N–H and O–H groups in total. The summed E-state index contributed by atoms with van der Waals surface area (Å²) in [7, 11) is 0. The Labute approximate surface area is 215 Å². The van der Waals surface area contributed by atoms with Gasteiger partial charge in [-0.15, -0.1) is 0 Å². The van der Waals surface area contributed by atoms with Crippen molar-refractivity contribution in [3.63, 3.8) is 0 Å². The van der Waals surface area contributed by atoms with E-state index in [9.17, 15) is 14.7 Å². The predicted molar refractivity (Wildman–Crippen MR) is 136 cm³/mol. The number of rotatable bonds is 8. The largest absolute Gasteiger partial charge is 0.459 e. The first-order chi connectivity index (χ1) is 16.8. The number of esters is 1. The molecule has 0 saturated carbocycles. The lowest BCUT2D eigenvalue weighted by molar-refractivity contribution is -0.171. The smallest absolute Gasteiger partial charge is 0.303 e. The molecule has 3 rings (SSSR count). The van der Waals surface area contributed by atoms with Crippen molar-refractivity contribution in [3.8, 4) is 0 Å². The molecule has 0 unspecified atom stereocenters. The minimum absolute atomic E-state index is 0.0506. The van der Waals surface area contributed by atoms with Gasteiger partial charge in [-0.3, -0.25) is 9.59 Å². The highest BCUT2D eigenvalue weighted by molar-refractivity contribution is 5.87. The number of nitrogens with one attached hydrogen (secondary N) is 1. The second-order valence-corrected chi connectivity index (χ2v) is 11.2. The summed E-state index contributed by atoms with van der Waals surface area (Å²) in [6.07, 6.45) is 9.71. The van der Waals surface area contributed by atoms with Gasteiger partial charge in [-0.2, -0.15) is 0 Å². The molecule has 0 aromatic carbocycles. The van der Waals surface area contributed by atoms with Gasteiger partial charge in [0.25, 0.3) is 0 Å². The van der Waals surface area contributed by atoms with E-state index in [1.165, 1.54) is 13.0 Å². The SMILES string of the molecule is CC(=O)O[C@H](C)C=CC(=O)N[C@@H]1C[C@H](C)[C@H](CC=C(C)C=C[C@H]2OC(C)(C)C[C@@]3(CO3)[C@@H]2O)O[C@@H]1C. The van der Waals surface area contributed by atoms with E-state index in [-0.39, 0.29) is 41.6 Å². The summed E-state index contributed by atoms with van der Waals surface area (Å²) >= 11 is 0. The first kappa shape index (κ1) is 28.6. The van der Waals surface area contributed by atoms with Crippen LogP contribution in [0.15, 0.2) is 36.0 Å². The Hall–Kier alpha value is -2.00. The Morgan fingerprint density at radius 3 is 2.56 bits per heavy atom. The van der Waals surface area contributed by atoms with Gasteiger partial charge in [0.15, 0.2) is 0 Å². The summed E-state index contributed by atoms with van der Waals surface area (Å²) < 4.78 is 23.0. The van der Waals surface area contributed by atoms with Crippen molar-refractivity contribution in [1.29, 1.82) is 0 Å². The monoisotopic (exact) mass is 505 g/mol. The fourth-order valence-electron chi connectivity index (χ4n) is 5.19. The van der Waals surface area contributed by atoms with E-state index in [4.69, 9.17) is 18.9 Å². The highest BCUT2D eigenvalue weighted by Gasteiger charge is 2.60. The van der Waals surface area contributed by atoms with E-state index < -0.39 is 23.9 Å². The third kappa shape index (κ3) is 7.75. The lowest BCUT2D eigenvalue weighted by Gasteiger charge is -2.41. The molecule has 1 amide bonds. The van der Waals surface area contributed by atoms with Crippen LogP contribution in [0.5, 0.6) is 0 Å². The standard InChI is InChI=1S/C28H43NO7/c1-17(9-12-24-26(32)28(16-33-28)15-27(6,7)36-24)8-11-23-18(2)14-22(20(4)35-23)29-25(31)13-10-19(3)34-21(5)30/h8-10,12-13,18-20,22-24,26,32H,11,14-16H2,1-7H3,(H,29,31)/t18-,19+,20+,22+,23-,24+,26+,28+/m0/s1. The number of aliphatic hydroxyl groups is 1. The van der Waals surface area contributed by atoms with Gasteiger partial charge in [0.1, 0.15) is 23.9 Å². The Kier molecular flexibility index (Phi) is 9.20. The number of ether oxygens (including phenoxy) is 4. The summed E-state index contributed by atoms with van der Waals surface area (Å²) in [5.41, 5.74) is 0.274. The average Bonchev–Trinajstić information content (AvgIpc) is 3.54. The predicted octanol–water partition coefficient (Wildman–Crippen LogP) is 3.38. The van der Waals surface area contributed by atoms with Gasteiger partial charge >= 0.3 is 5.97 Å². The van der Waals surface area contributed by atoms with Crippen molar-refractivity contribution in [2.45, 2.75) is 115 Å². The van der Waals surface area contributed by atoms with E-state index in [0.717, 1.165) is 18.4 Å². The van der Waals surface area contributed by atoms with Crippen molar-refractivity contribution in [3.05, 3.63) is 36.0 Å². The number of allylic oxidation sites excluding steroid dienone is 2. The van der Waals surface area contributed by atoms with Gasteiger partial charge in [-0.25, -0.2) is 0 Å². The number of epoxide rings is 1. The number of carbonyl (C=O) groups excluding carboxylic acids is 2. The molecule has 0 aliphatic carbocycles. The van der Waals surface area contributed by atoms with Gasteiger partial charge in [0.05, 0.1) is 30.5 Å². The molecule has 1 spiro atoms. The molecule has 8 heteroatoms. The second-order valence-electron chi connectivity index (χ2n) is 11.2. The molecular formula is C28H43NO7. The Bertz CT molecular complexity index is 888. The number of amides is 1. The zero-order valence-corrected chi connectivity index (χ0v) is 22.7. The zero-order valence-electron chi connectivity index (χ0n) is 22.7. The Balaban J connectivity index is 1.49. The molecule has 8 atom stereocenters. The van der Waals surface area contributed by atoms with Crippen molar-refractivity contribution >= 4 is 11.9 Å². The quantitative estimate of drug-likeness (QED) is 0.225. The van der Waals surface area contributed by atoms with Crippen LogP contribution < -0.4 is 5.32 Å². The normalized spacial score (nSPS) is 37.3. The average molecular weight is 506 g/mol. The molecule has 3 saturated heterocycles. The Morgan fingerprint density at radius 2 is 1.92 bits per heavy atom. The summed E-state index contributed by atoms with van der Waals surface area (Å²) in [6.45, 7) is 13.8. The van der Waals surface area contributed by atoms with Crippen LogP contribution >= 0.6 is 0 Å². The van der Waals surface area contributed by atoms with Crippen LogP contribution in [-0.4, -0.2) is 71.4 Å². The van der Waals surface area contributed by atoms with Crippen LogP contribution in [0.4, 0.5) is 0 Å². The molecule has 3 aliphatic rings. The molecule has 3 heterocycles. The van der Waals surface area contributed by atoms with Gasteiger partial charge in [0, 0.05) is 19.4 Å². The highest BCUT2D eigenvalue weighted by atomic mass is 16.6. The first-order valence-corrected chi connectivity index (χ1v) is 13.0. The molecule has 3 aliphatic heterocycles. The highest BCUT2D eigenvalue weighted by Crippen LogP contribution is 2.46. The van der Waals surface area contributed by atoms with Crippen LogP contribution in [0.2, 0.25) is 0 Å². The molecule has 0 aromatic heterocycles. The maximum atomic E-state index is 12.3. The van der Waals surface area contributed by atoms with Crippen molar-refractivity contribution in [1.82, 2.24) is 5.32 Å². The molecule has 202 valence electrons. The molecule has 36 heavy (non-hydrogen) atoms. The van der Waals surface area contributed by atoms with E-state index in [0.29, 0.717) is 13.0 Å². The molecule has 0 aromatic rings. The molecule has 0 bridgehead atoms. The number of aliphatic hydroxyl groups excluding tert-OH is 1. The zero-order chi connectivity index (χ0) is 26.7. The van der Waals surface area contributed by atoms with Crippen molar-refractivity contribution < 1.29 is 33.6 Å². The maximum Gasteiger partial charge on any atom is 0.303 e. The second kappa shape index (κ2) is 11.6. The third-order valence-electron chi connectivity index (χ3n) is 7.18. The van der Waals surface area contributed by atoms with Crippen molar-refractivity contribution in [2.75, 3.05) is 6.61 Å². The topological polar surface area (TPSA) is 107 Å². The molecule has 8 nitrogen and oxygen atoms in total. The van der Waals surface area contributed by atoms with Gasteiger partial charge in [-0.1, -0.05) is 30.7 Å². The van der Waals surface area contributed by atoms with Gasteiger partial charge < -0.3 is 29.4 Å². The summed E-state index contributed by atoms with van der Waals surface area (Å²) in [5, 5.41) is 13.7. The summed E-state index contributed by atoms with van der Waals surface area (Å²) in [5.74, 6) is -0.346. The first-order valence-electron chi connectivity index (χ1n) is 13.0. The lowest BCUT2D eigenvalue weighted by atomic mass is 9.83. The fourth-order valence-corrected chi connectivity index (χ4v) is 5.19. The molecular weight excluding hydrogens is 462 g/mol. The van der Waals surface area contributed by atoms with Crippen LogP contribution in [-0.2, 0) is 28.5 Å². The van der Waals surface area contributed by atoms with E-state index in [2.05, 4.69) is 18.3 Å². The van der Waals surface area contributed by atoms with Crippen LogP contribution in [0.1, 0.15) is 67.7 Å². The van der Waals surface area contributed by atoms with Gasteiger partial charge in [0.2, 0.25) is 5.91 Å². The molecule has 3 fully saturated rings. The minimum atomic E-state index is -0.663. The maximum absolute atomic E-state index is 12.3. The van der Waals surface area contributed by atoms with E-state index >= 15 is 0 Å². The Morgan fingerprint density at radius 1 is 1.22 bits per heavy atom. The van der Waals surface area contributed by atoms with Crippen LogP contribution in [0.3, 0.4) is 0 Å². The van der Waals surface area contributed by atoms with Crippen molar-refractivity contribution in [2.24, 2.45) is 5.92 Å².